The van der Waals surface area contributed by atoms with E-state index in [1.807, 2.05) is 13.8 Å². The molecule has 6 heteroatoms. The van der Waals surface area contributed by atoms with Crippen molar-refractivity contribution >= 4 is 17.2 Å². The standard InChI is InChI=1S/C15H18FN3OS/c1-9(2)14(10-3-5-11(16)6-4-10)19-15(20)12-8-21-13(7-17)18-12/h3-6,8-9,14H,7,17H2,1-2H3,(H,19,20). The van der Waals surface area contributed by atoms with Gasteiger partial charge in [0.05, 0.1) is 6.04 Å². The van der Waals surface area contributed by atoms with Gasteiger partial charge in [0.15, 0.2) is 0 Å². The van der Waals surface area contributed by atoms with Gasteiger partial charge in [0.1, 0.15) is 16.5 Å². The largest absolute Gasteiger partial charge is 0.344 e. The highest BCUT2D eigenvalue weighted by Gasteiger charge is 2.20. The molecule has 2 rings (SSSR count). The Hall–Kier alpha value is -1.79. The van der Waals surface area contributed by atoms with Crippen molar-refractivity contribution in [2.75, 3.05) is 0 Å². The van der Waals surface area contributed by atoms with Crippen LogP contribution in [0.2, 0.25) is 0 Å². The molecule has 21 heavy (non-hydrogen) atoms. The highest BCUT2D eigenvalue weighted by atomic mass is 32.1. The van der Waals surface area contributed by atoms with Crippen LogP contribution < -0.4 is 11.1 Å². The van der Waals surface area contributed by atoms with E-state index in [4.69, 9.17) is 5.73 Å². The molecule has 0 fully saturated rings. The molecule has 1 amide bonds. The Bertz CT molecular complexity index is 610. The van der Waals surface area contributed by atoms with E-state index in [1.165, 1.54) is 23.5 Å². The maximum Gasteiger partial charge on any atom is 0.271 e. The number of aromatic nitrogens is 1. The Labute approximate surface area is 127 Å². The lowest BCUT2D eigenvalue weighted by Gasteiger charge is -2.22. The van der Waals surface area contributed by atoms with Gasteiger partial charge in [-0.05, 0) is 23.6 Å². The maximum atomic E-state index is 13.0. The number of hydrogen-bond acceptors (Lipinski definition) is 4. The molecule has 0 saturated carbocycles. The lowest BCUT2D eigenvalue weighted by Crippen LogP contribution is -2.32. The molecule has 0 aliphatic rings. The number of nitrogens with one attached hydrogen (secondary N) is 1. The predicted molar refractivity (Wildman–Crippen MR) is 81.5 cm³/mol. The molecule has 0 bridgehead atoms. The van der Waals surface area contributed by atoms with Crippen molar-refractivity contribution in [3.05, 3.63) is 51.7 Å². The van der Waals surface area contributed by atoms with Gasteiger partial charge in [-0.25, -0.2) is 9.37 Å². The lowest BCUT2D eigenvalue weighted by molar-refractivity contribution is 0.0921. The molecule has 0 radical (unpaired) electrons. The number of carbonyl (C=O) groups is 1. The second-order valence-corrected chi connectivity index (χ2v) is 6.02. The first-order valence-corrected chi connectivity index (χ1v) is 7.60. The molecular formula is C15H18FN3OS. The number of amides is 1. The third-order valence-corrected chi connectivity index (χ3v) is 4.01. The molecule has 1 heterocycles. The number of nitrogens with zero attached hydrogens (tertiary/aromatic N) is 1. The summed E-state index contributed by atoms with van der Waals surface area (Å²) in [5, 5.41) is 5.37. The van der Waals surface area contributed by atoms with Crippen molar-refractivity contribution in [3.63, 3.8) is 0 Å². The molecule has 0 aliphatic heterocycles. The van der Waals surface area contributed by atoms with E-state index in [-0.39, 0.29) is 23.7 Å². The minimum Gasteiger partial charge on any atom is -0.344 e. The Balaban J connectivity index is 2.16. The van der Waals surface area contributed by atoms with Crippen LogP contribution in [0.4, 0.5) is 4.39 Å². The van der Waals surface area contributed by atoms with Crippen molar-refractivity contribution in [2.24, 2.45) is 11.7 Å². The Morgan fingerprint density at radius 1 is 1.38 bits per heavy atom. The number of rotatable bonds is 5. The van der Waals surface area contributed by atoms with Gasteiger partial charge in [0, 0.05) is 11.9 Å². The summed E-state index contributed by atoms with van der Waals surface area (Å²) in [5.74, 6) is -0.360. The van der Waals surface area contributed by atoms with Gasteiger partial charge in [-0.1, -0.05) is 26.0 Å². The molecule has 112 valence electrons. The van der Waals surface area contributed by atoms with Crippen molar-refractivity contribution in [2.45, 2.75) is 26.4 Å². The number of halogens is 1. The van der Waals surface area contributed by atoms with Crippen LogP contribution in [-0.4, -0.2) is 10.9 Å². The fourth-order valence-corrected chi connectivity index (χ4v) is 2.68. The second-order valence-electron chi connectivity index (χ2n) is 5.08. The van der Waals surface area contributed by atoms with Gasteiger partial charge >= 0.3 is 0 Å². The smallest absolute Gasteiger partial charge is 0.271 e. The van der Waals surface area contributed by atoms with Crippen molar-refractivity contribution in [1.29, 1.82) is 0 Å². The summed E-state index contributed by atoms with van der Waals surface area (Å²) in [6.45, 7) is 4.32. The normalized spacial score (nSPS) is 12.4. The summed E-state index contributed by atoms with van der Waals surface area (Å²) < 4.78 is 13.0. The van der Waals surface area contributed by atoms with Gasteiger partial charge in [0.2, 0.25) is 0 Å². The van der Waals surface area contributed by atoms with Crippen LogP contribution in [0.3, 0.4) is 0 Å². The zero-order chi connectivity index (χ0) is 15.4. The number of carbonyl (C=O) groups excluding carboxylic acids is 1. The predicted octanol–water partition coefficient (Wildman–Crippen LogP) is 2.87. The molecule has 1 aromatic heterocycles. The molecule has 1 atom stereocenters. The van der Waals surface area contributed by atoms with Crippen molar-refractivity contribution in [3.8, 4) is 0 Å². The van der Waals surface area contributed by atoms with E-state index < -0.39 is 0 Å². The number of thiazole rings is 1. The molecular weight excluding hydrogens is 289 g/mol. The summed E-state index contributed by atoms with van der Waals surface area (Å²) in [6.07, 6.45) is 0. The molecule has 0 aliphatic carbocycles. The first kappa shape index (κ1) is 15.6. The molecule has 0 spiro atoms. The Morgan fingerprint density at radius 2 is 2.05 bits per heavy atom. The van der Waals surface area contributed by atoms with Gasteiger partial charge in [-0.15, -0.1) is 11.3 Å². The lowest BCUT2D eigenvalue weighted by atomic mass is 9.96. The highest BCUT2D eigenvalue weighted by molar-refractivity contribution is 7.09. The summed E-state index contributed by atoms with van der Waals surface area (Å²) in [4.78, 5) is 16.4. The maximum absolute atomic E-state index is 13.0. The zero-order valence-electron chi connectivity index (χ0n) is 12.0. The number of nitrogens with two attached hydrogens (primary N) is 1. The first-order chi connectivity index (χ1) is 10.0. The molecule has 2 aromatic rings. The average Bonchev–Trinajstić information content (AvgIpc) is 2.94. The minimum atomic E-state index is -0.292. The van der Waals surface area contributed by atoms with E-state index in [0.717, 1.165) is 10.6 Å². The molecule has 1 aromatic carbocycles. The summed E-state index contributed by atoms with van der Waals surface area (Å²) in [5.41, 5.74) is 6.74. The van der Waals surface area contributed by atoms with Crippen molar-refractivity contribution < 1.29 is 9.18 Å². The quantitative estimate of drug-likeness (QED) is 0.892. The van der Waals surface area contributed by atoms with Crippen LogP contribution in [0.5, 0.6) is 0 Å². The van der Waals surface area contributed by atoms with Crippen LogP contribution in [0, 0.1) is 11.7 Å². The minimum absolute atomic E-state index is 0.173. The highest BCUT2D eigenvalue weighted by Crippen LogP contribution is 2.22. The first-order valence-electron chi connectivity index (χ1n) is 6.72. The van der Waals surface area contributed by atoms with Gasteiger partial charge in [-0.2, -0.15) is 0 Å². The zero-order valence-corrected chi connectivity index (χ0v) is 12.8. The Morgan fingerprint density at radius 3 is 2.57 bits per heavy atom. The van der Waals surface area contributed by atoms with Crippen LogP contribution >= 0.6 is 11.3 Å². The van der Waals surface area contributed by atoms with E-state index in [0.29, 0.717) is 12.2 Å². The third-order valence-electron chi connectivity index (χ3n) is 3.14. The second kappa shape index (κ2) is 6.78. The fraction of sp³-hybridized carbons (Fsp3) is 0.333. The van der Waals surface area contributed by atoms with Crippen LogP contribution in [-0.2, 0) is 6.54 Å². The van der Waals surface area contributed by atoms with E-state index in [1.54, 1.807) is 17.5 Å². The fourth-order valence-electron chi connectivity index (χ4n) is 2.03. The molecule has 4 nitrogen and oxygen atoms in total. The van der Waals surface area contributed by atoms with Gasteiger partial charge in [-0.3, -0.25) is 4.79 Å². The molecule has 0 saturated heterocycles. The van der Waals surface area contributed by atoms with Crippen LogP contribution in [0.1, 0.15) is 40.9 Å². The topological polar surface area (TPSA) is 68.0 Å². The SMILES string of the molecule is CC(C)C(NC(=O)c1csc(CN)n1)c1ccc(F)cc1. The number of hydrogen-bond donors (Lipinski definition) is 2. The average molecular weight is 307 g/mol. The van der Waals surface area contributed by atoms with E-state index >= 15 is 0 Å². The summed E-state index contributed by atoms with van der Waals surface area (Å²) in [7, 11) is 0. The van der Waals surface area contributed by atoms with Crippen molar-refractivity contribution in [1.82, 2.24) is 10.3 Å². The van der Waals surface area contributed by atoms with Crippen LogP contribution in [0.25, 0.3) is 0 Å². The van der Waals surface area contributed by atoms with E-state index in [9.17, 15) is 9.18 Å². The monoisotopic (exact) mass is 307 g/mol. The van der Waals surface area contributed by atoms with E-state index in [2.05, 4.69) is 10.3 Å². The van der Waals surface area contributed by atoms with Gasteiger partial charge < -0.3 is 11.1 Å². The molecule has 3 N–H and O–H groups in total. The number of benzene rings is 1. The third kappa shape index (κ3) is 3.86. The summed E-state index contributed by atoms with van der Waals surface area (Å²) in [6, 6.07) is 5.97. The molecule has 1 unspecified atom stereocenters. The van der Waals surface area contributed by atoms with Gasteiger partial charge in [0.25, 0.3) is 5.91 Å². The van der Waals surface area contributed by atoms with Crippen LogP contribution in [0.15, 0.2) is 29.6 Å². The summed E-state index contributed by atoms with van der Waals surface area (Å²) >= 11 is 1.36. The Kier molecular flexibility index (Phi) is 5.03.